The summed E-state index contributed by atoms with van der Waals surface area (Å²) < 4.78 is 4.84. The molecule has 1 N–H and O–H groups in total. The molecule has 3 aromatic rings. The van der Waals surface area contributed by atoms with E-state index in [1.165, 1.54) is 12.7 Å². The molecule has 4 rings (SSSR count). The molecule has 0 atom stereocenters. The molecule has 0 unspecified atom stereocenters. The van der Waals surface area contributed by atoms with E-state index < -0.39 is 0 Å². The number of fused-ring (bicyclic) bond motifs is 1. The molecule has 0 saturated carbocycles. The van der Waals surface area contributed by atoms with Crippen LogP contribution in [0.15, 0.2) is 78.9 Å². The molecule has 0 aliphatic carbocycles. The number of nitrogens with one attached hydrogen (secondary N) is 1. The molecule has 31 heavy (non-hydrogen) atoms. The standard InChI is InChI=1S/C26H26N2O3/c1-31-26(30)28-15-14-19-12-13-23(16-22(19)18-28)27-25(29)17-24(20-8-4-2-5-9-20)21-10-6-3-7-11-21/h2-13,16,24H,14-15,17-18H2,1H3,(H,27,29). The van der Waals surface area contributed by atoms with Crippen LogP contribution in [0.4, 0.5) is 10.5 Å². The van der Waals surface area contributed by atoms with Gasteiger partial charge in [0, 0.05) is 31.1 Å². The van der Waals surface area contributed by atoms with Gasteiger partial charge in [-0.05, 0) is 40.8 Å². The minimum atomic E-state index is -0.325. The van der Waals surface area contributed by atoms with Crippen molar-refractivity contribution < 1.29 is 14.3 Å². The Hall–Kier alpha value is -3.60. The molecule has 1 heterocycles. The maximum absolute atomic E-state index is 13.0. The summed E-state index contributed by atoms with van der Waals surface area (Å²) in [5, 5.41) is 3.05. The molecule has 5 heteroatoms. The summed E-state index contributed by atoms with van der Waals surface area (Å²) in [7, 11) is 1.39. The lowest BCUT2D eigenvalue weighted by molar-refractivity contribution is -0.116. The smallest absolute Gasteiger partial charge is 0.409 e. The fourth-order valence-electron chi connectivity index (χ4n) is 4.12. The molecule has 0 radical (unpaired) electrons. The van der Waals surface area contributed by atoms with Crippen LogP contribution in [0.3, 0.4) is 0 Å². The number of hydrogen-bond donors (Lipinski definition) is 1. The Bertz CT molecular complexity index is 1010. The van der Waals surface area contributed by atoms with Crippen LogP contribution in [0.1, 0.15) is 34.6 Å². The summed E-state index contributed by atoms with van der Waals surface area (Å²) in [6.45, 7) is 1.13. The summed E-state index contributed by atoms with van der Waals surface area (Å²) in [4.78, 5) is 26.5. The number of methoxy groups -OCH3 is 1. The molecule has 3 aromatic carbocycles. The van der Waals surface area contributed by atoms with Gasteiger partial charge in [0.2, 0.25) is 5.91 Å². The number of carbonyl (C=O) groups is 2. The number of amides is 2. The van der Waals surface area contributed by atoms with Gasteiger partial charge in [-0.3, -0.25) is 4.79 Å². The van der Waals surface area contributed by atoms with Crippen molar-refractivity contribution in [2.45, 2.75) is 25.3 Å². The monoisotopic (exact) mass is 414 g/mol. The first kappa shape index (κ1) is 20.7. The van der Waals surface area contributed by atoms with Crippen LogP contribution in [0, 0.1) is 0 Å². The third kappa shape index (κ3) is 4.94. The topological polar surface area (TPSA) is 58.6 Å². The Balaban J connectivity index is 1.49. The predicted molar refractivity (Wildman–Crippen MR) is 121 cm³/mol. The van der Waals surface area contributed by atoms with Crippen molar-refractivity contribution in [1.82, 2.24) is 4.90 Å². The molecule has 158 valence electrons. The second-order valence-corrected chi connectivity index (χ2v) is 7.75. The fraction of sp³-hybridized carbons (Fsp3) is 0.231. The summed E-state index contributed by atoms with van der Waals surface area (Å²) in [6.07, 6.45) is 0.802. The average molecular weight is 415 g/mol. The maximum Gasteiger partial charge on any atom is 0.409 e. The van der Waals surface area contributed by atoms with Gasteiger partial charge in [-0.1, -0.05) is 66.7 Å². The largest absolute Gasteiger partial charge is 0.453 e. The molecule has 0 fully saturated rings. The Morgan fingerprint density at radius 3 is 2.19 bits per heavy atom. The Labute approximate surface area is 182 Å². The van der Waals surface area contributed by atoms with E-state index in [0.29, 0.717) is 19.5 Å². The zero-order chi connectivity index (χ0) is 21.6. The zero-order valence-electron chi connectivity index (χ0n) is 17.6. The molecule has 0 aromatic heterocycles. The first-order valence-corrected chi connectivity index (χ1v) is 10.5. The minimum absolute atomic E-state index is 0.0187. The van der Waals surface area contributed by atoms with Gasteiger partial charge in [0.05, 0.1) is 7.11 Å². The van der Waals surface area contributed by atoms with Crippen molar-refractivity contribution in [2.24, 2.45) is 0 Å². The van der Waals surface area contributed by atoms with Crippen molar-refractivity contribution in [3.63, 3.8) is 0 Å². The van der Waals surface area contributed by atoms with Crippen LogP contribution in [-0.4, -0.2) is 30.6 Å². The van der Waals surface area contributed by atoms with E-state index in [9.17, 15) is 9.59 Å². The number of hydrogen-bond acceptors (Lipinski definition) is 3. The van der Waals surface area contributed by atoms with Gasteiger partial charge >= 0.3 is 6.09 Å². The first-order chi connectivity index (χ1) is 15.1. The van der Waals surface area contributed by atoms with Crippen LogP contribution < -0.4 is 5.32 Å². The first-order valence-electron chi connectivity index (χ1n) is 10.5. The van der Waals surface area contributed by atoms with Crippen molar-refractivity contribution >= 4 is 17.7 Å². The highest BCUT2D eigenvalue weighted by atomic mass is 16.5. The van der Waals surface area contributed by atoms with Gasteiger partial charge < -0.3 is 15.0 Å². The van der Waals surface area contributed by atoms with Crippen LogP contribution >= 0.6 is 0 Å². The van der Waals surface area contributed by atoms with Crippen LogP contribution in [0.2, 0.25) is 0 Å². The zero-order valence-corrected chi connectivity index (χ0v) is 17.6. The van der Waals surface area contributed by atoms with Crippen LogP contribution in [0.25, 0.3) is 0 Å². The van der Waals surface area contributed by atoms with Crippen LogP contribution in [0.5, 0.6) is 0 Å². The van der Waals surface area contributed by atoms with Gasteiger partial charge in [0.15, 0.2) is 0 Å². The number of rotatable bonds is 5. The summed E-state index contributed by atoms with van der Waals surface area (Å²) in [5.74, 6) is -0.0619. The normalized spacial score (nSPS) is 12.9. The van der Waals surface area contributed by atoms with Gasteiger partial charge in [-0.2, -0.15) is 0 Å². The van der Waals surface area contributed by atoms with E-state index >= 15 is 0 Å². The van der Waals surface area contributed by atoms with E-state index in [2.05, 4.69) is 29.6 Å². The van der Waals surface area contributed by atoms with Crippen molar-refractivity contribution in [3.8, 4) is 0 Å². The van der Waals surface area contributed by atoms with E-state index in [1.807, 2.05) is 54.6 Å². The number of nitrogens with zero attached hydrogens (tertiary/aromatic N) is 1. The van der Waals surface area contributed by atoms with Crippen molar-refractivity contribution in [1.29, 1.82) is 0 Å². The fourth-order valence-corrected chi connectivity index (χ4v) is 4.12. The van der Waals surface area contributed by atoms with E-state index in [0.717, 1.165) is 28.8 Å². The second-order valence-electron chi connectivity index (χ2n) is 7.75. The lowest BCUT2D eigenvalue weighted by atomic mass is 9.88. The lowest BCUT2D eigenvalue weighted by Gasteiger charge is -2.28. The second kappa shape index (κ2) is 9.47. The van der Waals surface area contributed by atoms with E-state index in [1.54, 1.807) is 4.90 Å². The Kier molecular flexibility index (Phi) is 6.32. The number of carbonyl (C=O) groups excluding carboxylic acids is 2. The van der Waals surface area contributed by atoms with Gasteiger partial charge in [0.25, 0.3) is 0 Å². The SMILES string of the molecule is COC(=O)N1CCc2ccc(NC(=O)CC(c3ccccc3)c3ccccc3)cc2C1. The number of ether oxygens (including phenoxy) is 1. The van der Waals surface area contributed by atoms with E-state index in [-0.39, 0.29) is 17.9 Å². The molecular formula is C26H26N2O3. The maximum atomic E-state index is 13.0. The van der Waals surface area contributed by atoms with Gasteiger partial charge in [-0.25, -0.2) is 4.79 Å². The molecule has 1 aliphatic rings. The molecule has 0 bridgehead atoms. The molecule has 0 spiro atoms. The Morgan fingerprint density at radius 1 is 0.935 bits per heavy atom. The van der Waals surface area contributed by atoms with Crippen LogP contribution in [-0.2, 0) is 22.5 Å². The third-order valence-electron chi connectivity index (χ3n) is 5.73. The molecule has 1 aliphatic heterocycles. The molecule has 0 saturated heterocycles. The third-order valence-corrected chi connectivity index (χ3v) is 5.73. The van der Waals surface area contributed by atoms with E-state index in [4.69, 9.17) is 4.74 Å². The number of anilines is 1. The number of benzene rings is 3. The summed E-state index contributed by atoms with van der Waals surface area (Å²) >= 11 is 0. The highest BCUT2D eigenvalue weighted by molar-refractivity contribution is 5.91. The highest BCUT2D eigenvalue weighted by Gasteiger charge is 2.22. The highest BCUT2D eigenvalue weighted by Crippen LogP contribution is 2.29. The molecular weight excluding hydrogens is 388 g/mol. The van der Waals surface area contributed by atoms with Crippen molar-refractivity contribution in [3.05, 3.63) is 101 Å². The predicted octanol–water partition coefficient (Wildman–Crippen LogP) is 4.97. The molecule has 5 nitrogen and oxygen atoms in total. The quantitative estimate of drug-likeness (QED) is 0.641. The van der Waals surface area contributed by atoms with Gasteiger partial charge in [-0.15, -0.1) is 0 Å². The Morgan fingerprint density at radius 2 is 1.58 bits per heavy atom. The minimum Gasteiger partial charge on any atom is -0.453 e. The van der Waals surface area contributed by atoms with Gasteiger partial charge in [0.1, 0.15) is 0 Å². The lowest BCUT2D eigenvalue weighted by Crippen LogP contribution is -2.35. The van der Waals surface area contributed by atoms with Crippen molar-refractivity contribution in [2.75, 3.05) is 19.0 Å². The summed E-state index contributed by atoms with van der Waals surface area (Å²) in [5.41, 5.74) is 5.21. The summed E-state index contributed by atoms with van der Waals surface area (Å²) in [6, 6.07) is 26.1. The molecule has 2 amide bonds. The average Bonchev–Trinajstić information content (AvgIpc) is 2.82.